The zero-order chi connectivity index (χ0) is 13.7. The second-order valence-corrected chi connectivity index (χ2v) is 4.43. The van der Waals surface area contributed by atoms with E-state index in [9.17, 15) is 9.59 Å². The Bertz CT molecular complexity index is 488. The van der Waals surface area contributed by atoms with Crippen LogP contribution in [0.4, 0.5) is 5.69 Å². The van der Waals surface area contributed by atoms with Crippen molar-refractivity contribution in [1.82, 2.24) is 5.32 Å². The Morgan fingerprint density at radius 3 is 2.63 bits per heavy atom. The van der Waals surface area contributed by atoms with Crippen LogP contribution in [0.2, 0.25) is 0 Å². The summed E-state index contributed by atoms with van der Waals surface area (Å²) < 4.78 is 0. The van der Waals surface area contributed by atoms with Gasteiger partial charge in [-0.1, -0.05) is 12.1 Å². The largest absolute Gasteiger partial charge is 0.478 e. The molecule has 0 saturated carbocycles. The van der Waals surface area contributed by atoms with Crippen LogP contribution in [-0.4, -0.2) is 29.6 Å². The van der Waals surface area contributed by atoms with Gasteiger partial charge in [-0.25, -0.2) is 4.79 Å². The molecule has 1 aliphatic rings. The third-order valence-corrected chi connectivity index (χ3v) is 2.97. The van der Waals surface area contributed by atoms with Crippen molar-refractivity contribution in [2.75, 3.05) is 11.9 Å². The maximum absolute atomic E-state index is 11.8. The van der Waals surface area contributed by atoms with E-state index in [1.54, 1.807) is 24.3 Å². The Labute approximate surface area is 111 Å². The minimum Gasteiger partial charge on any atom is -0.478 e. The van der Waals surface area contributed by atoms with Gasteiger partial charge in [-0.2, -0.15) is 0 Å². The molecule has 5 nitrogen and oxygen atoms in total. The average molecular weight is 260 g/mol. The second kappa shape index (κ2) is 6.15. The topological polar surface area (TPSA) is 78.4 Å². The van der Waals surface area contributed by atoms with Crippen molar-refractivity contribution in [3.8, 4) is 0 Å². The molecule has 5 heteroatoms. The smallest absolute Gasteiger partial charge is 0.328 e. The Kier molecular flexibility index (Phi) is 4.30. The van der Waals surface area contributed by atoms with Crippen molar-refractivity contribution in [2.24, 2.45) is 0 Å². The Morgan fingerprint density at radius 2 is 2.05 bits per heavy atom. The maximum Gasteiger partial charge on any atom is 0.328 e. The zero-order valence-electron chi connectivity index (χ0n) is 10.4. The van der Waals surface area contributed by atoms with E-state index in [0.29, 0.717) is 5.69 Å². The van der Waals surface area contributed by atoms with Crippen LogP contribution >= 0.6 is 0 Å². The molecule has 1 heterocycles. The number of carbonyl (C=O) groups excluding carboxylic acids is 1. The first kappa shape index (κ1) is 13.3. The summed E-state index contributed by atoms with van der Waals surface area (Å²) in [4.78, 5) is 22.2. The van der Waals surface area contributed by atoms with Crippen LogP contribution in [0.25, 0.3) is 6.08 Å². The lowest BCUT2D eigenvalue weighted by Crippen LogP contribution is -2.35. The molecule has 19 heavy (non-hydrogen) atoms. The van der Waals surface area contributed by atoms with Crippen LogP contribution in [0.1, 0.15) is 18.4 Å². The highest BCUT2D eigenvalue weighted by atomic mass is 16.4. The molecule has 1 atom stereocenters. The van der Waals surface area contributed by atoms with Crippen molar-refractivity contribution in [2.45, 2.75) is 18.9 Å². The van der Waals surface area contributed by atoms with Crippen molar-refractivity contribution in [3.05, 3.63) is 35.9 Å². The number of amides is 1. The molecule has 0 bridgehead atoms. The first-order chi connectivity index (χ1) is 9.15. The molecule has 1 aromatic rings. The molecule has 1 aromatic carbocycles. The highest BCUT2D eigenvalue weighted by molar-refractivity contribution is 5.95. The van der Waals surface area contributed by atoms with E-state index < -0.39 is 5.97 Å². The molecule has 1 amide bonds. The fourth-order valence-corrected chi connectivity index (χ4v) is 1.98. The third-order valence-electron chi connectivity index (χ3n) is 2.97. The van der Waals surface area contributed by atoms with Gasteiger partial charge >= 0.3 is 5.97 Å². The van der Waals surface area contributed by atoms with E-state index in [1.165, 1.54) is 6.08 Å². The molecular formula is C14H16N2O3. The fourth-order valence-electron chi connectivity index (χ4n) is 1.98. The SMILES string of the molecule is O=C(O)/C=C/c1ccc(NC(=O)C2CCCN2)cc1. The number of hydrogen-bond donors (Lipinski definition) is 3. The van der Waals surface area contributed by atoms with Crippen molar-refractivity contribution in [3.63, 3.8) is 0 Å². The number of hydrogen-bond acceptors (Lipinski definition) is 3. The lowest BCUT2D eigenvalue weighted by atomic mass is 10.1. The molecule has 0 spiro atoms. The van der Waals surface area contributed by atoms with E-state index in [1.807, 2.05) is 0 Å². The highest BCUT2D eigenvalue weighted by Gasteiger charge is 2.21. The summed E-state index contributed by atoms with van der Waals surface area (Å²) in [5.74, 6) is -1.00. The van der Waals surface area contributed by atoms with Gasteiger partial charge in [0.2, 0.25) is 5.91 Å². The number of rotatable bonds is 4. The number of carbonyl (C=O) groups is 2. The van der Waals surface area contributed by atoms with Gasteiger partial charge in [-0.3, -0.25) is 4.79 Å². The Morgan fingerprint density at radius 1 is 1.32 bits per heavy atom. The molecule has 1 aliphatic heterocycles. The summed E-state index contributed by atoms with van der Waals surface area (Å²) in [7, 11) is 0. The van der Waals surface area contributed by atoms with Crippen molar-refractivity contribution in [1.29, 1.82) is 0 Å². The van der Waals surface area contributed by atoms with Crippen LogP contribution in [-0.2, 0) is 9.59 Å². The number of aliphatic carboxylic acids is 1. The lowest BCUT2D eigenvalue weighted by molar-refractivity contribution is -0.131. The zero-order valence-corrected chi connectivity index (χ0v) is 10.4. The summed E-state index contributed by atoms with van der Waals surface area (Å²) in [5, 5.41) is 14.5. The molecule has 0 aliphatic carbocycles. The molecule has 3 N–H and O–H groups in total. The van der Waals surface area contributed by atoms with Crippen LogP contribution < -0.4 is 10.6 Å². The highest BCUT2D eigenvalue weighted by Crippen LogP contribution is 2.13. The number of nitrogens with one attached hydrogen (secondary N) is 2. The minimum atomic E-state index is -0.982. The summed E-state index contributed by atoms with van der Waals surface area (Å²) >= 11 is 0. The number of carboxylic acid groups (broad SMARTS) is 1. The van der Waals surface area contributed by atoms with E-state index in [0.717, 1.165) is 31.0 Å². The number of carboxylic acids is 1. The van der Waals surface area contributed by atoms with Gasteiger partial charge in [0.15, 0.2) is 0 Å². The van der Waals surface area contributed by atoms with Gasteiger partial charge in [0, 0.05) is 11.8 Å². The number of anilines is 1. The molecule has 1 fully saturated rings. The summed E-state index contributed by atoms with van der Waals surface area (Å²) in [5.41, 5.74) is 1.49. The van der Waals surface area contributed by atoms with E-state index in [4.69, 9.17) is 5.11 Å². The maximum atomic E-state index is 11.8. The standard InChI is InChI=1S/C14H16N2O3/c17-13(18)8-5-10-3-6-11(7-4-10)16-14(19)12-2-1-9-15-12/h3-8,12,15H,1-2,9H2,(H,16,19)(H,17,18)/b8-5+. The molecule has 1 unspecified atom stereocenters. The third kappa shape index (κ3) is 3.93. The van der Waals surface area contributed by atoms with Gasteiger partial charge in [0.1, 0.15) is 0 Å². The minimum absolute atomic E-state index is 0.0219. The molecule has 2 rings (SSSR count). The molecule has 0 aromatic heterocycles. The average Bonchev–Trinajstić information content (AvgIpc) is 2.92. The van der Waals surface area contributed by atoms with Gasteiger partial charge in [-0.05, 0) is 43.2 Å². The molecule has 0 radical (unpaired) electrons. The van der Waals surface area contributed by atoms with Crippen LogP contribution in [0.15, 0.2) is 30.3 Å². The quantitative estimate of drug-likeness (QED) is 0.716. The van der Waals surface area contributed by atoms with Gasteiger partial charge in [0.25, 0.3) is 0 Å². The molecule has 1 saturated heterocycles. The van der Waals surface area contributed by atoms with Crippen molar-refractivity contribution < 1.29 is 14.7 Å². The predicted octanol–water partition coefficient (Wildman–Crippen LogP) is 1.47. The van der Waals surface area contributed by atoms with E-state index >= 15 is 0 Å². The van der Waals surface area contributed by atoms with E-state index in [-0.39, 0.29) is 11.9 Å². The van der Waals surface area contributed by atoms with Crippen molar-refractivity contribution >= 4 is 23.6 Å². The summed E-state index contributed by atoms with van der Waals surface area (Å²) in [6, 6.07) is 6.93. The van der Waals surface area contributed by atoms with E-state index in [2.05, 4.69) is 10.6 Å². The first-order valence-electron chi connectivity index (χ1n) is 6.20. The Balaban J connectivity index is 1.94. The predicted molar refractivity (Wildman–Crippen MR) is 72.8 cm³/mol. The molecule has 100 valence electrons. The molecular weight excluding hydrogens is 244 g/mol. The fraction of sp³-hybridized carbons (Fsp3) is 0.286. The number of benzene rings is 1. The van der Waals surface area contributed by atoms with Gasteiger partial charge < -0.3 is 15.7 Å². The van der Waals surface area contributed by atoms with Crippen LogP contribution in [0.3, 0.4) is 0 Å². The first-order valence-corrected chi connectivity index (χ1v) is 6.20. The second-order valence-electron chi connectivity index (χ2n) is 4.43. The van der Waals surface area contributed by atoms with Crippen LogP contribution in [0.5, 0.6) is 0 Å². The lowest BCUT2D eigenvalue weighted by Gasteiger charge is -2.11. The van der Waals surface area contributed by atoms with Gasteiger partial charge in [-0.15, -0.1) is 0 Å². The summed E-state index contributed by atoms with van der Waals surface area (Å²) in [6.07, 6.45) is 4.48. The van der Waals surface area contributed by atoms with Gasteiger partial charge in [0.05, 0.1) is 6.04 Å². The summed E-state index contributed by atoms with van der Waals surface area (Å²) in [6.45, 7) is 0.886. The van der Waals surface area contributed by atoms with Crippen LogP contribution in [0, 0.1) is 0 Å². The monoisotopic (exact) mass is 260 g/mol. The Hall–Kier alpha value is -2.14. The normalized spacial score (nSPS) is 18.6.